The lowest BCUT2D eigenvalue weighted by Gasteiger charge is -2.38. The van der Waals surface area contributed by atoms with Gasteiger partial charge in [-0.2, -0.15) is 0 Å². The fourth-order valence-electron chi connectivity index (χ4n) is 1.62. The third-order valence-corrected chi connectivity index (χ3v) is 2.80. The minimum Gasteiger partial charge on any atom is -0.374 e. The Morgan fingerprint density at radius 2 is 2.12 bits per heavy atom. The van der Waals surface area contributed by atoms with Gasteiger partial charge in [0.2, 0.25) is 5.91 Å². The van der Waals surface area contributed by atoms with Crippen molar-refractivity contribution in [3.8, 4) is 0 Å². The Morgan fingerprint density at radius 1 is 1.47 bits per heavy atom. The van der Waals surface area contributed by atoms with Gasteiger partial charge in [0.05, 0.1) is 11.2 Å². The van der Waals surface area contributed by atoms with Crippen LogP contribution < -0.4 is 10.6 Å². The third-order valence-electron chi connectivity index (χ3n) is 2.80. The Labute approximate surface area is 103 Å². The topological polar surface area (TPSA) is 59.6 Å². The first-order valence-corrected chi connectivity index (χ1v) is 6.12. The van der Waals surface area contributed by atoms with Gasteiger partial charge in [0.15, 0.2) is 0 Å². The molecular weight excluding hydrogens is 220 g/mol. The molecule has 1 fully saturated rings. The molecule has 17 heavy (non-hydrogen) atoms. The number of amides is 1. The van der Waals surface area contributed by atoms with Crippen molar-refractivity contribution in [2.45, 2.75) is 38.9 Å². The van der Waals surface area contributed by atoms with E-state index in [-0.39, 0.29) is 23.7 Å². The van der Waals surface area contributed by atoms with Crippen LogP contribution in [0.4, 0.5) is 0 Å². The van der Waals surface area contributed by atoms with Crippen LogP contribution in [-0.4, -0.2) is 50.0 Å². The summed E-state index contributed by atoms with van der Waals surface area (Å²) in [4.78, 5) is 11.6. The van der Waals surface area contributed by atoms with Crippen molar-refractivity contribution in [3.63, 3.8) is 0 Å². The molecule has 100 valence electrons. The summed E-state index contributed by atoms with van der Waals surface area (Å²) in [5.74, 6) is -0.0918. The van der Waals surface area contributed by atoms with E-state index in [0.717, 1.165) is 13.1 Å². The third kappa shape index (κ3) is 5.02. The van der Waals surface area contributed by atoms with Crippen LogP contribution in [-0.2, 0) is 14.3 Å². The van der Waals surface area contributed by atoms with E-state index in [9.17, 15) is 4.79 Å². The van der Waals surface area contributed by atoms with Gasteiger partial charge in [0.25, 0.3) is 0 Å². The van der Waals surface area contributed by atoms with Crippen LogP contribution in [0.2, 0.25) is 0 Å². The molecule has 1 saturated heterocycles. The van der Waals surface area contributed by atoms with Crippen molar-refractivity contribution in [2.75, 3.05) is 32.8 Å². The lowest BCUT2D eigenvalue weighted by Crippen LogP contribution is -2.59. The second-order valence-corrected chi connectivity index (χ2v) is 5.31. The summed E-state index contributed by atoms with van der Waals surface area (Å²) in [6.45, 7) is 10.7. The molecule has 1 aliphatic heterocycles. The summed E-state index contributed by atoms with van der Waals surface area (Å²) < 4.78 is 11.0. The van der Waals surface area contributed by atoms with Gasteiger partial charge in [-0.15, -0.1) is 0 Å². The first-order chi connectivity index (χ1) is 7.87. The number of hydrogen-bond acceptors (Lipinski definition) is 4. The van der Waals surface area contributed by atoms with Gasteiger partial charge in [0.1, 0.15) is 6.61 Å². The largest absolute Gasteiger partial charge is 0.374 e. The van der Waals surface area contributed by atoms with Crippen molar-refractivity contribution < 1.29 is 14.3 Å². The predicted octanol–water partition coefficient (Wildman–Crippen LogP) is 0.296. The molecule has 0 atom stereocenters. The van der Waals surface area contributed by atoms with Gasteiger partial charge < -0.3 is 20.1 Å². The second kappa shape index (κ2) is 5.80. The molecule has 2 N–H and O–H groups in total. The fraction of sp³-hybridized carbons (Fsp3) is 0.917. The van der Waals surface area contributed by atoms with Gasteiger partial charge in [0, 0.05) is 26.2 Å². The maximum atomic E-state index is 11.6. The average Bonchev–Trinajstić information content (AvgIpc) is 2.21. The zero-order valence-electron chi connectivity index (χ0n) is 11.3. The van der Waals surface area contributed by atoms with Gasteiger partial charge in [-0.25, -0.2) is 0 Å². The number of carbonyl (C=O) groups is 1. The zero-order chi connectivity index (χ0) is 12.9. The highest BCUT2D eigenvalue weighted by molar-refractivity contribution is 5.77. The summed E-state index contributed by atoms with van der Waals surface area (Å²) >= 11 is 0. The van der Waals surface area contributed by atoms with Crippen LogP contribution in [0.3, 0.4) is 0 Å². The molecule has 0 spiro atoms. The van der Waals surface area contributed by atoms with Gasteiger partial charge in [-0.3, -0.25) is 4.79 Å². The van der Waals surface area contributed by atoms with E-state index < -0.39 is 0 Å². The van der Waals surface area contributed by atoms with E-state index in [4.69, 9.17) is 9.47 Å². The number of hydrogen-bond donors (Lipinski definition) is 2. The molecule has 1 rings (SSSR count). The Bertz CT molecular complexity index is 262. The molecule has 1 heterocycles. The van der Waals surface area contributed by atoms with Crippen molar-refractivity contribution in [3.05, 3.63) is 0 Å². The number of ether oxygens (including phenoxy) is 2. The Hall–Kier alpha value is -0.650. The maximum Gasteiger partial charge on any atom is 0.246 e. The second-order valence-electron chi connectivity index (χ2n) is 5.31. The monoisotopic (exact) mass is 244 g/mol. The molecule has 0 radical (unpaired) electrons. The first-order valence-electron chi connectivity index (χ1n) is 6.12. The molecule has 0 aromatic rings. The molecule has 0 unspecified atom stereocenters. The van der Waals surface area contributed by atoms with E-state index in [0.29, 0.717) is 13.2 Å². The number of nitrogens with one attached hydrogen (secondary N) is 2. The Morgan fingerprint density at radius 3 is 2.59 bits per heavy atom. The molecule has 5 nitrogen and oxygen atoms in total. The lowest BCUT2D eigenvalue weighted by molar-refractivity contribution is -0.137. The van der Waals surface area contributed by atoms with E-state index in [1.54, 1.807) is 0 Å². The van der Waals surface area contributed by atoms with Crippen LogP contribution in [0, 0.1) is 0 Å². The van der Waals surface area contributed by atoms with Crippen molar-refractivity contribution >= 4 is 5.91 Å². The number of rotatable bonds is 7. The molecule has 0 aromatic carbocycles. The van der Waals surface area contributed by atoms with Crippen molar-refractivity contribution in [2.24, 2.45) is 0 Å². The molecule has 0 saturated carbocycles. The minimum absolute atomic E-state index is 0.0918. The summed E-state index contributed by atoms with van der Waals surface area (Å²) in [5, 5.41) is 5.94. The summed E-state index contributed by atoms with van der Waals surface area (Å²) in [5.41, 5.74) is -0.501. The Balaban J connectivity index is 2.16. The standard InChI is InChI=1S/C12H24N2O3/c1-5-16-11(2,3)7-14-10(15)6-17-12(4)8-13-9-12/h13H,5-9H2,1-4H3,(H,14,15). The molecular formula is C12H24N2O3. The van der Waals surface area contributed by atoms with Crippen molar-refractivity contribution in [1.29, 1.82) is 0 Å². The first kappa shape index (κ1) is 14.4. The normalized spacial score (nSPS) is 18.6. The molecule has 1 aliphatic rings. The molecule has 0 aromatic heterocycles. The fourth-order valence-corrected chi connectivity index (χ4v) is 1.62. The lowest BCUT2D eigenvalue weighted by atomic mass is 10.0. The van der Waals surface area contributed by atoms with Crippen LogP contribution in [0.1, 0.15) is 27.7 Å². The summed E-state index contributed by atoms with van der Waals surface area (Å²) in [6.07, 6.45) is 0. The van der Waals surface area contributed by atoms with Crippen LogP contribution in [0.15, 0.2) is 0 Å². The highest BCUT2D eigenvalue weighted by atomic mass is 16.5. The highest BCUT2D eigenvalue weighted by Crippen LogP contribution is 2.14. The van der Waals surface area contributed by atoms with Crippen LogP contribution >= 0.6 is 0 Å². The highest BCUT2D eigenvalue weighted by Gasteiger charge is 2.33. The van der Waals surface area contributed by atoms with Gasteiger partial charge >= 0.3 is 0 Å². The molecule has 1 amide bonds. The van der Waals surface area contributed by atoms with Gasteiger partial charge in [-0.05, 0) is 27.7 Å². The van der Waals surface area contributed by atoms with Gasteiger partial charge in [-0.1, -0.05) is 0 Å². The summed E-state index contributed by atoms with van der Waals surface area (Å²) in [6, 6.07) is 0. The maximum absolute atomic E-state index is 11.6. The van der Waals surface area contributed by atoms with E-state index in [2.05, 4.69) is 10.6 Å². The number of carbonyl (C=O) groups excluding carboxylic acids is 1. The van der Waals surface area contributed by atoms with Crippen molar-refractivity contribution in [1.82, 2.24) is 10.6 Å². The Kier molecular flexibility index (Phi) is 4.91. The van der Waals surface area contributed by atoms with E-state index >= 15 is 0 Å². The zero-order valence-corrected chi connectivity index (χ0v) is 11.3. The van der Waals surface area contributed by atoms with Crippen LogP contribution in [0.5, 0.6) is 0 Å². The molecule has 0 aliphatic carbocycles. The predicted molar refractivity (Wildman–Crippen MR) is 65.9 cm³/mol. The minimum atomic E-state index is -0.327. The molecule has 0 bridgehead atoms. The smallest absolute Gasteiger partial charge is 0.246 e. The van der Waals surface area contributed by atoms with E-state index in [1.165, 1.54) is 0 Å². The average molecular weight is 244 g/mol. The SMILES string of the molecule is CCOC(C)(C)CNC(=O)COC1(C)CNC1. The van der Waals surface area contributed by atoms with E-state index in [1.807, 2.05) is 27.7 Å². The summed E-state index contributed by atoms with van der Waals surface area (Å²) in [7, 11) is 0. The molecule has 5 heteroatoms. The van der Waals surface area contributed by atoms with Crippen LogP contribution in [0.25, 0.3) is 0 Å². The quantitative estimate of drug-likeness (QED) is 0.676.